The highest BCUT2D eigenvalue weighted by molar-refractivity contribution is 6.39. The van der Waals surface area contributed by atoms with E-state index in [0.29, 0.717) is 44.2 Å². The lowest BCUT2D eigenvalue weighted by Crippen LogP contribution is -2.33. The molecule has 2 aliphatic rings. The second kappa shape index (κ2) is 9.54. The zero-order valence-corrected chi connectivity index (χ0v) is 21.8. The van der Waals surface area contributed by atoms with Gasteiger partial charge in [0.15, 0.2) is 0 Å². The average Bonchev–Trinajstić information content (AvgIpc) is 3.57. The zero-order chi connectivity index (χ0) is 25.7. The van der Waals surface area contributed by atoms with Gasteiger partial charge in [0, 0.05) is 48.8 Å². The van der Waals surface area contributed by atoms with Gasteiger partial charge in [0.25, 0.3) is 0 Å². The number of carboxylic acid groups (broad SMARTS) is 1. The van der Waals surface area contributed by atoms with Crippen molar-refractivity contribution >= 4 is 52.1 Å². The Morgan fingerprint density at radius 1 is 1.11 bits per heavy atom. The van der Waals surface area contributed by atoms with Crippen LogP contribution in [0.4, 0.5) is 5.82 Å². The molecule has 7 nitrogen and oxygen atoms in total. The molecule has 1 aromatic carbocycles. The van der Waals surface area contributed by atoms with Gasteiger partial charge >= 0.3 is 5.97 Å². The van der Waals surface area contributed by atoms with Gasteiger partial charge in [-0.1, -0.05) is 46.6 Å². The maximum Gasteiger partial charge on any atom is 0.337 e. The van der Waals surface area contributed by atoms with E-state index in [2.05, 4.69) is 22.2 Å². The molecule has 0 spiro atoms. The lowest BCUT2D eigenvalue weighted by atomic mass is 9.94. The first kappa shape index (κ1) is 24.1. The number of allylic oxidation sites excluding steroid dienone is 1. The van der Waals surface area contributed by atoms with E-state index in [-0.39, 0.29) is 5.56 Å². The summed E-state index contributed by atoms with van der Waals surface area (Å²) in [6, 6.07) is 9.25. The van der Waals surface area contributed by atoms with Gasteiger partial charge in [0.1, 0.15) is 22.9 Å². The fourth-order valence-electron chi connectivity index (χ4n) is 5.16. The van der Waals surface area contributed by atoms with Gasteiger partial charge in [0.2, 0.25) is 0 Å². The molecule has 1 saturated heterocycles. The summed E-state index contributed by atoms with van der Waals surface area (Å²) in [6.07, 6.45) is 10.2. The van der Waals surface area contributed by atoms with Crippen molar-refractivity contribution in [1.82, 2.24) is 14.7 Å². The van der Waals surface area contributed by atoms with Crippen LogP contribution in [0.25, 0.3) is 28.4 Å². The molecule has 0 amide bonds. The largest absolute Gasteiger partial charge is 0.478 e. The lowest BCUT2D eigenvalue weighted by molar-refractivity contribution is 0.0699. The van der Waals surface area contributed by atoms with Crippen LogP contribution >= 0.6 is 23.2 Å². The monoisotopic (exact) mass is 536 g/mol. The number of hydrogen-bond donors (Lipinski definition) is 1. The molecular formula is C28H26Cl2N4O3. The van der Waals surface area contributed by atoms with E-state index in [1.807, 2.05) is 37.4 Å². The number of aromatic nitrogens is 3. The predicted octanol–water partition coefficient (Wildman–Crippen LogP) is 7.04. The number of aryl methyl sites for hydroxylation is 1. The van der Waals surface area contributed by atoms with Gasteiger partial charge in [-0.05, 0) is 55.9 Å². The first-order valence-electron chi connectivity index (χ1n) is 12.5. The van der Waals surface area contributed by atoms with Crippen molar-refractivity contribution in [1.29, 1.82) is 0 Å². The molecule has 9 heteroatoms. The minimum absolute atomic E-state index is 0.275. The molecule has 6 rings (SSSR count). The van der Waals surface area contributed by atoms with E-state index in [9.17, 15) is 9.90 Å². The van der Waals surface area contributed by atoms with Gasteiger partial charge in [-0.15, -0.1) is 0 Å². The van der Waals surface area contributed by atoms with Crippen LogP contribution in [0.5, 0.6) is 0 Å². The van der Waals surface area contributed by atoms with Gasteiger partial charge in [-0.3, -0.25) is 0 Å². The number of rotatable bonds is 6. The number of pyridine rings is 1. The molecule has 4 heterocycles. The molecule has 0 radical (unpaired) electrons. The van der Waals surface area contributed by atoms with Crippen LogP contribution in [0.1, 0.15) is 53.3 Å². The zero-order valence-electron chi connectivity index (χ0n) is 20.3. The third-order valence-corrected chi connectivity index (χ3v) is 7.97. The summed E-state index contributed by atoms with van der Waals surface area (Å²) in [5, 5.41) is 15.6. The van der Waals surface area contributed by atoms with Gasteiger partial charge in [0.05, 0.1) is 15.6 Å². The Balaban J connectivity index is 1.20. The van der Waals surface area contributed by atoms with Crippen LogP contribution < -0.4 is 4.90 Å². The molecule has 4 aromatic rings. The first-order chi connectivity index (χ1) is 17.9. The summed E-state index contributed by atoms with van der Waals surface area (Å²) in [7, 11) is 1.83. The Morgan fingerprint density at radius 2 is 1.84 bits per heavy atom. The second-order valence-corrected chi connectivity index (χ2v) is 10.7. The smallest absolute Gasteiger partial charge is 0.337 e. The van der Waals surface area contributed by atoms with Crippen molar-refractivity contribution in [2.75, 3.05) is 18.0 Å². The second-order valence-electron chi connectivity index (χ2n) is 9.86. The summed E-state index contributed by atoms with van der Waals surface area (Å²) < 4.78 is 7.56. The maximum atomic E-state index is 11.5. The molecule has 1 N–H and O–H groups in total. The SMILES string of the molecule is Cn1cc(C(=O)O)c2ccc(N3CCC(/C=C/c4c(-c5c(Cl)cccc5Cl)noc4C4CC4)CC3)nc21. The number of anilines is 1. The van der Waals surface area contributed by atoms with E-state index in [1.165, 1.54) is 0 Å². The Labute approximate surface area is 224 Å². The third kappa shape index (κ3) is 4.51. The van der Waals surface area contributed by atoms with E-state index in [4.69, 9.17) is 32.7 Å². The van der Waals surface area contributed by atoms with Crippen LogP contribution in [-0.4, -0.2) is 38.9 Å². The number of piperidine rings is 1. The van der Waals surface area contributed by atoms with Crippen molar-refractivity contribution in [3.05, 3.63) is 69.5 Å². The molecule has 1 aliphatic heterocycles. The molecular weight excluding hydrogens is 511 g/mol. The molecule has 0 atom stereocenters. The fourth-order valence-corrected chi connectivity index (χ4v) is 5.73. The van der Waals surface area contributed by atoms with Crippen molar-refractivity contribution in [2.45, 2.75) is 31.6 Å². The van der Waals surface area contributed by atoms with Crippen LogP contribution in [0.2, 0.25) is 10.0 Å². The Morgan fingerprint density at radius 3 is 2.51 bits per heavy atom. The topological polar surface area (TPSA) is 84.4 Å². The highest BCUT2D eigenvalue weighted by Gasteiger charge is 2.33. The van der Waals surface area contributed by atoms with E-state index < -0.39 is 5.97 Å². The third-order valence-electron chi connectivity index (χ3n) is 7.34. The highest BCUT2D eigenvalue weighted by atomic mass is 35.5. The molecule has 3 aromatic heterocycles. The first-order valence-corrected chi connectivity index (χ1v) is 13.2. The number of nitrogens with zero attached hydrogens (tertiary/aromatic N) is 4. The molecule has 0 unspecified atom stereocenters. The van der Waals surface area contributed by atoms with Crippen molar-refractivity contribution in [2.24, 2.45) is 13.0 Å². The van der Waals surface area contributed by atoms with E-state index in [1.54, 1.807) is 10.8 Å². The van der Waals surface area contributed by atoms with Crippen LogP contribution in [0, 0.1) is 5.92 Å². The summed E-state index contributed by atoms with van der Waals surface area (Å²) in [5.41, 5.74) is 3.35. The van der Waals surface area contributed by atoms with Crippen LogP contribution in [-0.2, 0) is 7.05 Å². The van der Waals surface area contributed by atoms with Gasteiger partial charge in [-0.2, -0.15) is 0 Å². The molecule has 0 bridgehead atoms. The number of hydrogen-bond acceptors (Lipinski definition) is 5. The van der Waals surface area contributed by atoms with Crippen LogP contribution in [0.15, 0.2) is 47.1 Å². The predicted molar refractivity (Wildman–Crippen MR) is 146 cm³/mol. The minimum atomic E-state index is -0.939. The number of carbonyl (C=O) groups is 1. The Kier molecular flexibility index (Phi) is 6.21. The number of aromatic carboxylic acids is 1. The summed E-state index contributed by atoms with van der Waals surface area (Å²) in [5.74, 6) is 1.67. The lowest BCUT2D eigenvalue weighted by Gasteiger charge is -2.31. The number of benzene rings is 1. The van der Waals surface area contributed by atoms with Gasteiger partial charge < -0.3 is 19.1 Å². The quantitative estimate of drug-likeness (QED) is 0.284. The normalized spacial score (nSPS) is 16.8. The number of halogens is 2. The fraction of sp³-hybridized carbons (Fsp3) is 0.321. The molecule has 190 valence electrons. The molecule has 1 saturated carbocycles. The summed E-state index contributed by atoms with van der Waals surface area (Å²) >= 11 is 13.0. The number of fused-ring (bicyclic) bond motifs is 1. The number of carboxylic acids is 1. The summed E-state index contributed by atoms with van der Waals surface area (Å²) in [6.45, 7) is 1.73. The van der Waals surface area contributed by atoms with Crippen molar-refractivity contribution in [3.63, 3.8) is 0 Å². The van der Waals surface area contributed by atoms with Crippen LogP contribution in [0.3, 0.4) is 0 Å². The maximum absolute atomic E-state index is 11.5. The minimum Gasteiger partial charge on any atom is -0.478 e. The summed E-state index contributed by atoms with van der Waals surface area (Å²) in [4.78, 5) is 18.6. The molecule has 2 fully saturated rings. The van der Waals surface area contributed by atoms with E-state index >= 15 is 0 Å². The van der Waals surface area contributed by atoms with Gasteiger partial charge in [-0.25, -0.2) is 9.78 Å². The van der Waals surface area contributed by atoms with Crippen molar-refractivity contribution < 1.29 is 14.4 Å². The molecule has 1 aliphatic carbocycles. The molecule has 37 heavy (non-hydrogen) atoms. The Hall–Kier alpha value is -3.29. The highest BCUT2D eigenvalue weighted by Crippen LogP contribution is 2.46. The average molecular weight is 537 g/mol. The van der Waals surface area contributed by atoms with E-state index in [0.717, 1.165) is 55.9 Å². The standard InChI is InChI=1S/C28H26Cl2N4O3/c1-33-15-20(28(35)36)18-9-10-23(31-27(18)33)34-13-11-16(12-14-34)5-8-19-25(32-37-26(19)17-6-7-17)24-21(29)3-2-4-22(24)30/h2-5,8-10,15-17H,6-7,11-14H2,1H3,(H,35,36)/b8-5+. The van der Waals surface area contributed by atoms with Crippen molar-refractivity contribution in [3.8, 4) is 11.3 Å². The Bertz CT molecular complexity index is 1510.